The monoisotopic (exact) mass is 1320 g/mol. The summed E-state index contributed by atoms with van der Waals surface area (Å²) in [5.74, 6) is -19.4. The number of aliphatic carboxylic acids is 3. The summed E-state index contributed by atoms with van der Waals surface area (Å²) < 4.78 is 37.3. The van der Waals surface area contributed by atoms with E-state index in [1.54, 1.807) is 0 Å². The number of carboxylic acid groups (broad SMARTS) is 3. The number of hydrogen-bond donors (Lipinski definition) is 13. The third-order valence-electron chi connectivity index (χ3n) is 12.6. The highest BCUT2D eigenvalue weighted by Gasteiger charge is 2.35. The highest BCUT2D eigenvalue weighted by molar-refractivity contribution is 5.96. The fourth-order valence-corrected chi connectivity index (χ4v) is 7.45. The Morgan fingerprint density at radius 3 is 0.750 bits per heavy atom. The number of carbonyl (C=O) groups excluding carboxylic acids is 17. The summed E-state index contributed by atoms with van der Waals surface area (Å²) in [6, 6.07) is 0. The Morgan fingerprint density at radius 1 is 0.293 bits per heavy atom. The number of halogens is 3. The van der Waals surface area contributed by atoms with Crippen LogP contribution in [0.5, 0.6) is 0 Å². The van der Waals surface area contributed by atoms with Crippen LogP contribution in [0.2, 0.25) is 0 Å². The number of Topliss-reactive ketones (excluding diaryl/α,β-unsaturated/α-hetero) is 7. The third-order valence-corrected chi connectivity index (χ3v) is 12.6. The molecule has 0 aromatic carbocycles. The average molecular weight is 1320 g/mol. The lowest BCUT2D eigenvalue weighted by atomic mass is 9.86. The van der Waals surface area contributed by atoms with Crippen molar-refractivity contribution in [3.05, 3.63) is 0 Å². The number of alkyl halides is 3. The maximum atomic E-state index is 13.2. The van der Waals surface area contributed by atoms with E-state index in [9.17, 15) is 119 Å². The molecule has 92 heavy (non-hydrogen) atoms. The Labute approximate surface area is 522 Å². The van der Waals surface area contributed by atoms with Gasteiger partial charge in [0.25, 0.3) is 0 Å². The fourth-order valence-electron chi connectivity index (χ4n) is 7.45. The number of hydrogen-bond acceptors (Lipinski definition) is 23. The van der Waals surface area contributed by atoms with Crippen LogP contribution in [-0.2, 0) is 95.9 Å². The molecule has 0 aliphatic carbocycles. The highest BCUT2D eigenvalue weighted by Crippen LogP contribution is 2.21. The van der Waals surface area contributed by atoms with Gasteiger partial charge in [-0.3, -0.25) is 95.9 Å². The Bertz CT molecular complexity index is 2640. The van der Waals surface area contributed by atoms with E-state index in [-0.39, 0.29) is 77.8 Å². The molecule has 0 bridgehead atoms. The van der Waals surface area contributed by atoms with E-state index < -0.39 is 252 Å². The van der Waals surface area contributed by atoms with Crippen LogP contribution in [0.25, 0.3) is 0 Å². The van der Waals surface area contributed by atoms with Gasteiger partial charge in [0, 0.05) is 121 Å². The lowest BCUT2D eigenvalue weighted by Gasteiger charge is -2.35. The van der Waals surface area contributed by atoms with Crippen LogP contribution < -0.4 is 54.4 Å². The first-order valence-corrected chi connectivity index (χ1v) is 28.2. The van der Waals surface area contributed by atoms with Crippen molar-refractivity contribution < 1.29 is 124 Å². The van der Waals surface area contributed by atoms with Crippen molar-refractivity contribution in [2.24, 2.45) is 22.6 Å². The van der Waals surface area contributed by atoms with Gasteiger partial charge in [-0.1, -0.05) is 0 Å². The minimum atomic E-state index is -4.86. The van der Waals surface area contributed by atoms with Gasteiger partial charge in [0.15, 0.2) is 17.3 Å². The van der Waals surface area contributed by atoms with Crippen molar-refractivity contribution in [3.8, 4) is 0 Å². The minimum absolute atomic E-state index is 0.222. The van der Waals surface area contributed by atoms with Gasteiger partial charge in [0.2, 0.25) is 59.1 Å². The van der Waals surface area contributed by atoms with E-state index in [1.165, 1.54) is 0 Å². The molecule has 0 saturated heterocycles. The number of amides is 10. The molecule has 39 heteroatoms. The van der Waals surface area contributed by atoms with Gasteiger partial charge in [0.05, 0.1) is 39.3 Å². The Kier molecular flexibility index (Phi) is 39.5. The van der Waals surface area contributed by atoms with Crippen LogP contribution in [-0.4, -0.2) is 258 Å². The summed E-state index contributed by atoms with van der Waals surface area (Å²) in [5, 5.41) is 44.4. The predicted octanol–water partition coefficient (Wildman–Crippen LogP) is -7.20. The molecule has 0 heterocycles. The molecule has 0 aromatic heterocycles. The molecule has 0 aliphatic heterocycles. The largest absolute Gasteiger partial charge is 0.480 e. The SMILES string of the molecule is NCC(=O)CCC(=O)NCC(CNC(=O)CCC(=O)CN)(CNC(=O)CCC(=O)CN)CNC(=O)CCC(=O)CNC(=O)CN(CC(=O)O)C(=O)CCC(=O)CNC(=O)CN(CC(=O)O)C(=O)CCC(=O)CNC(=O)CN(CC(=O)O)C(=O)CCC(=O)CC(F)(F)F. The Hall–Kier alpha value is -9.53. The molecule has 36 nitrogen and oxygen atoms in total. The van der Waals surface area contributed by atoms with Gasteiger partial charge in [-0.15, -0.1) is 0 Å². The van der Waals surface area contributed by atoms with Crippen LogP contribution in [0, 0.1) is 5.41 Å². The van der Waals surface area contributed by atoms with E-state index >= 15 is 0 Å². The van der Waals surface area contributed by atoms with Gasteiger partial charge >= 0.3 is 24.1 Å². The van der Waals surface area contributed by atoms with Crippen LogP contribution in [0.15, 0.2) is 0 Å². The van der Waals surface area contributed by atoms with Gasteiger partial charge in [-0.25, -0.2) is 0 Å². The third kappa shape index (κ3) is 40.9. The van der Waals surface area contributed by atoms with Crippen LogP contribution >= 0.6 is 0 Å². The lowest BCUT2D eigenvalue weighted by molar-refractivity contribution is -0.153. The van der Waals surface area contributed by atoms with E-state index in [2.05, 4.69) is 31.9 Å². The molecular formula is C53H78F3N13O23. The predicted molar refractivity (Wildman–Crippen MR) is 304 cm³/mol. The maximum absolute atomic E-state index is 13.2. The van der Waals surface area contributed by atoms with Crippen LogP contribution in [0.3, 0.4) is 0 Å². The highest BCUT2D eigenvalue weighted by atomic mass is 19.4. The second kappa shape index (κ2) is 44.0. The van der Waals surface area contributed by atoms with Gasteiger partial charge in [-0.2, -0.15) is 13.2 Å². The summed E-state index contributed by atoms with van der Waals surface area (Å²) in [7, 11) is 0. The number of carboxylic acids is 3. The number of carbonyl (C=O) groups is 20. The standard InChI is InChI=1S/C53H78F3N13O23/c54-53(55,56)15-32(70)5-12-46(84)67(25-49(87)88)22-44(82)61-20-37(75)7-14-48(86)69(27-51(91)92)24-45(83)62-21-38(76)6-13-47(85)68(26-50(89)90)23-43(81)60-19-36(74)4-11-42(80)66-31-52(28-63-39(77)8-1-33(71)16-57,29-64-40(78)9-2-34(72)17-58)30-65-41(79)10-3-35(73)18-59/h1-31,57-59H2,(H,60,81)(H,61,82)(H,62,83)(H,63,77)(H,64,78)(H,65,79)(H,66,80)(H,87,88)(H,89,90)(H,91,92). The Balaban J connectivity index is 5.54. The molecule has 0 saturated carbocycles. The maximum Gasteiger partial charge on any atom is 0.395 e. The van der Waals surface area contributed by atoms with E-state index in [4.69, 9.17) is 22.3 Å². The van der Waals surface area contributed by atoms with Crippen molar-refractivity contribution in [3.63, 3.8) is 0 Å². The molecule has 0 rings (SSSR count). The zero-order chi connectivity index (χ0) is 70.1. The summed E-state index contributed by atoms with van der Waals surface area (Å²) in [6.45, 7) is -11.1. The second-order valence-electron chi connectivity index (χ2n) is 20.5. The summed E-state index contributed by atoms with van der Waals surface area (Å²) in [5.41, 5.74) is 14.5. The number of ketones is 7. The quantitative estimate of drug-likeness (QED) is 0.0269. The molecule has 0 aromatic rings. The van der Waals surface area contributed by atoms with Crippen LogP contribution in [0.1, 0.15) is 96.3 Å². The van der Waals surface area contributed by atoms with Gasteiger partial charge in [-0.05, 0) is 0 Å². The van der Waals surface area contributed by atoms with Crippen molar-refractivity contribution >= 4 is 117 Å². The average Bonchev–Trinajstić information content (AvgIpc) is 0.925. The summed E-state index contributed by atoms with van der Waals surface area (Å²) in [6.07, 6.45) is -13.9. The topological polar surface area (TPSA) is 574 Å². The second-order valence-corrected chi connectivity index (χ2v) is 20.5. The normalized spacial score (nSPS) is 10.9. The smallest absolute Gasteiger partial charge is 0.395 e. The van der Waals surface area contributed by atoms with E-state index in [0.29, 0.717) is 14.7 Å². The molecule has 0 unspecified atom stereocenters. The van der Waals surface area contributed by atoms with Gasteiger partial charge in [0.1, 0.15) is 68.8 Å². The first kappa shape index (κ1) is 82.5. The molecule has 0 radical (unpaired) electrons. The van der Waals surface area contributed by atoms with Crippen molar-refractivity contribution in [2.75, 3.05) is 105 Å². The van der Waals surface area contributed by atoms with Crippen molar-refractivity contribution in [1.29, 1.82) is 0 Å². The molecule has 0 spiro atoms. The number of rotatable bonds is 51. The van der Waals surface area contributed by atoms with E-state index in [0.717, 1.165) is 0 Å². The first-order valence-electron chi connectivity index (χ1n) is 28.2. The van der Waals surface area contributed by atoms with Gasteiger partial charge < -0.3 is 84.4 Å². The van der Waals surface area contributed by atoms with Crippen LogP contribution in [0.4, 0.5) is 13.2 Å². The van der Waals surface area contributed by atoms with E-state index in [1.807, 2.05) is 5.32 Å². The van der Waals surface area contributed by atoms with Crippen molar-refractivity contribution in [2.45, 2.75) is 102 Å². The number of nitrogens with zero attached hydrogens (tertiary/aromatic N) is 3. The first-order chi connectivity index (χ1) is 43.0. The van der Waals surface area contributed by atoms with Crippen molar-refractivity contribution in [1.82, 2.24) is 51.9 Å². The molecule has 10 amide bonds. The molecular weight excluding hydrogens is 1240 g/mol. The molecule has 0 atom stereocenters. The molecule has 514 valence electrons. The number of nitrogens with two attached hydrogens (primary N) is 3. The Morgan fingerprint density at radius 2 is 0.522 bits per heavy atom. The summed E-state index contributed by atoms with van der Waals surface area (Å²) >= 11 is 0. The fraction of sp³-hybridized carbons (Fsp3) is 0.623. The number of nitrogens with one attached hydrogen (secondary N) is 7. The molecule has 16 N–H and O–H groups in total. The summed E-state index contributed by atoms with van der Waals surface area (Å²) in [4.78, 5) is 248. The zero-order valence-corrected chi connectivity index (χ0v) is 50.1. The minimum Gasteiger partial charge on any atom is -0.480 e. The molecule has 0 aliphatic rings. The zero-order valence-electron chi connectivity index (χ0n) is 50.1. The molecule has 0 fully saturated rings. The lowest BCUT2D eigenvalue weighted by Crippen LogP contribution is -2.57.